The van der Waals surface area contributed by atoms with E-state index in [-0.39, 0.29) is 31.0 Å². The SMILES string of the molecule is C[C@H]1[C@H](C)CCC[C@H]1NC(=O)C1CCN(S(=O)(=O)c2ccccc2C(F)(F)F)CC1. The maximum atomic E-state index is 13.3. The number of benzene rings is 1. The number of carbonyl (C=O) groups is 1. The lowest BCUT2D eigenvalue weighted by molar-refractivity contribution is -0.139. The number of carbonyl (C=O) groups excluding carboxylic acids is 1. The van der Waals surface area contributed by atoms with Crippen LogP contribution in [-0.4, -0.2) is 37.8 Å². The molecule has 2 aliphatic rings. The normalized spacial score (nSPS) is 27.0. The molecule has 1 saturated heterocycles. The van der Waals surface area contributed by atoms with E-state index in [2.05, 4.69) is 19.2 Å². The van der Waals surface area contributed by atoms with Crippen LogP contribution in [0, 0.1) is 17.8 Å². The lowest BCUT2D eigenvalue weighted by atomic mass is 9.78. The van der Waals surface area contributed by atoms with Crippen molar-refractivity contribution >= 4 is 15.9 Å². The van der Waals surface area contributed by atoms with Gasteiger partial charge in [-0.3, -0.25) is 4.79 Å². The maximum Gasteiger partial charge on any atom is 0.417 e. The minimum atomic E-state index is -4.75. The molecule has 3 rings (SSSR count). The molecule has 0 spiro atoms. The Labute approximate surface area is 176 Å². The summed E-state index contributed by atoms with van der Waals surface area (Å²) in [6.07, 6.45) is -0.977. The van der Waals surface area contributed by atoms with E-state index >= 15 is 0 Å². The number of hydrogen-bond acceptors (Lipinski definition) is 3. The molecule has 168 valence electrons. The van der Waals surface area contributed by atoms with Crippen LogP contribution in [-0.2, 0) is 21.0 Å². The Kier molecular flexibility index (Phi) is 6.81. The Balaban J connectivity index is 1.65. The topological polar surface area (TPSA) is 66.5 Å². The van der Waals surface area contributed by atoms with Crippen LogP contribution >= 0.6 is 0 Å². The smallest absolute Gasteiger partial charge is 0.353 e. The highest BCUT2D eigenvalue weighted by Gasteiger charge is 2.40. The molecule has 0 radical (unpaired) electrons. The van der Waals surface area contributed by atoms with Crippen LogP contribution in [0.3, 0.4) is 0 Å². The van der Waals surface area contributed by atoms with Gasteiger partial charge in [0.05, 0.1) is 10.5 Å². The first-order valence-corrected chi connectivity index (χ1v) is 11.9. The molecule has 1 aromatic rings. The Morgan fingerprint density at radius 2 is 1.70 bits per heavy atom. The second-order valence-electron chi connectivity index (χ2n) is 8.55. The number of sulfonamides is 1. The fourth-order valence-electron chi connectivity index (χ4n) is 4.51. The van der Waals surface area contributed by atoms with Gasteiger partial charge >= 0.3 is 6.18 Å². The number of nitrogens with zero attached hydrogens (tertiary/aromatic N) is 1. The van der Waals surface area contributed by atoms with Gasteiger partial charge in [0.15, 0.2) is 0 Å². The number of piperidine rings is 1. The van der Waals surface area contributed by atoms with Gasteiger partial charge in [-0.1, -0.05) is 38.8 Å². The zero-order chi connectivity index (χ0) is 22.1. The van der Waals surface area contributed by atoms with E-state index in [1.54, 1.807) is 0 Å². The average molecular weight is 447 g/mol. The third kappa shape index (κ3) is 4.82. The summed E-state index contributed by atoms with van der Waals surface area (Å²) < 4.78 is 66.5. The van der Waals surface area contributed by atoms with Gasteiger partial charge in [-0.15, -0.1) is 0 Å². The van der Waals surface area contributed by atoms with E-state index in [0.29, 0.717) is 24.7 Å². The van der Waals surface area contributed by atoms with Gasteiger partial charge in [0.2, 0.25) is 15.9 Å². The second-order valence-corrected chi connectivity index (χ2v) is 10.5. The van der Waals surface area contributed by atoms with Crippen molar-refractivity contribution in [3.05, 3.63) is 29.8 Å². The number of rotatable bonds is 4. The Morgan fingerprint density at radius 1 is 1.07 bits per heavy atom. The molecule has 2 fully saturated rings. The molecule has 1 aromatic carbocycles. The molecular weight excluding hydrogens is 417 g/mol. The van der Waals surface area contributed by atoms with Gasteiger partial charge in [0.25, 0.3) is 0 Å². The summed E-state index contributed by atoms with van der Waals surface area (Å²) in [6.45, 7) is 4.39. The van der Waals surface area contributed by atoms with Crippen LogP contribution in [0.25, 0.3) is 0 Å². The molecule has 5 nitrogen and oxygen atoms in total. The van der Waals surface area contributed by atoms with Crippen molar-refractivity contribution in [1.82, 2.24) is 9.62 Å². The summed E-state index contributed by atoms with van der Waals surface area (Å²) in [6, 6.07) is 4.35. The minimum absolute atomic E-state index is 0.0310. The molecule has 3 atom stereocenters. The van der Waals surface area contributed by atoms with Gasteiger partial charge in [-0.25, -0.2) is 8.42 Å². The van der Waals surface area contributed by atoms with Gasteiger partial charge in [0.1, 0.15) is 0 Å². The predicted molar refractivity (Wildman–Crippen MR) is 107 cm³/mol. The fourth-order valence-corrected chi connectivity index (χ4v) is 6.19. The van der Waals surface area contributed by atoms with E-state index in [9.17, 15) is 26.4 Å². The molecule has 1 aliphatic heterocycles. The van der Waals surface area contributed by atoms with Crippen LogP contribution in [0.4, 0.5) is 13.2 Å². The lowest BCUT2D eigenvalue weighted by Gasteiger charge is -2.36. The van der Waals surface area contributed by atoms with Gasteiger partial charge in [-0.05, 0) is 43.2 Å². The molecule has 9 heteroatoms. The first-order valence-electron chi connectivity index (χ1n) is 10.5. The molecular formula is C21H29F3N2O3S. The molecule has 1 N–H and O–H groups in total. The van der Waals surface area contributed by atoms with Crippen molar-refractivity contribution in [3.8, 4) is 0 Å². The lowest BCUT2D eigenvalue weighted by Crippen LogP contribution is -2.48. The number of alkyl halides is 3. The van der Waals surface area contributed by atoms with Gasteiger partial charge < -0.3 is 5.32 Å². The third-order valence-corrected chi connectivity index (χ3v) is 8.63. The first-order chi connectivity index (χ1) is 14.0. The summed E-state index contributed by atoms with van der Waals surface area (Å²) in [7, 11) is -4.29. The highest BCUT2D eigenvalue weighted by Crippen LogP contribution is 2.36. The Hall–Kier alpha value is -1.61. The van der Waals surface area contributed by atoms with Crippen molar-refractivity contribution in [1.29, 1.82) is 0 Å². The van der Waals surface area contributed by atoms with Crippen LogP contribution in [0.5, 0.6) is 0 Å². The summed E-state index contributed by atoms with van der Waals surface area (Å²) >= 11 is 0. The highest BCUT2D eigenvalue weighted by atomic mass is 32.2. The molecule has 1 saturated carbocycles. The molecule has 0 unspecified atom stereocenters. The average Bonchev–Trinajstić information content (AvgIpc) is 2.71. The number of nitrogens with one attached hydrogen (secondary N) is 1. The summed E-state index contributed by atoms with van der Waals surface area (Å²) in [5.74, 6) is 0.541. The van der Waals surface area contributed by atoms with E-state index in [1.165, 1.54) is 12.1 Å². The van der Waals surface area contributed by atoms with Crippen LogP contribution in [0.15, 0.2) is 29.2 Å². The van der Waals surface area contributed by atoms with Crippen molar-refractivity contribution in [2.75, 3.05) is 13.1 Å². The van der Waals surface area contributed by atoms with Crippen LogP contribution in [0.1, 0.15) is 51.5 Å². The minimum Gasteiger partial charge on any atom is -0.353 e. The zero-order valence-electron chi connectivity index (χ0n) is 17.3. The van der Waals surface area contributed by atoms with Gasteiger partial charge in [0, 0.05) is 25.0 Å². The highest BCUT2D eigenvalue weighted by molar-refractivity contribution is 7.89. The summed E-state index contributed by atoms with van der Waals surface area (Å²) in [5.41, 5.74) is -1.16. The number of amides is 1. The molecule has 0 bridgehead atoms. The van der Waals surface area contributed by atoms with Crippen molar-refractivity contribution in [2.24, 2.45) is 17.8 Å². The quantitative estimate of drug-likeness (QED) is 0.759. The Bertz CT molecular complexity index is 864. The molecule has 0 aromatic heterocycles. The molecule has 1 heterocycles. The summed E-state index contributed by atoms with van der Waals surface area (Å²) in [4.78, 5) is 12.0. The van der Waals surface area contributed by atoms with E-state index in [1.807, 2.05) is 0 Å². The molecule has 1 amide bonds. The molecule has 30 heavy (non-hydrogen) atoms. The van der Waals surface area contributed by atoms with Crippen molar-refractivity contribution < 1.29 is 26.4 Å². The van der Waals surface area contributed by atoms with Crippen LogP contribution in [0.2, 0.25) is 0 Å². The number of hydrogen-bond donors (Lipinski definition) is 1. The van der Waals surface area contributed by atoms with Crippen molar-refractivity contribution in [2.45, 2.75) is 63.1 Å². The van der Waals surface area contributed by atoms with Crippen LogP contribution < -0.4 is 5.32 Å². The second kappa shape index (κ2) is 8.86. The molecule has 1 aliphatic carbocycles. The van der Waals surface area contributed by atoms with E-state index in [0.717, 1.165) is 35.7 Å². The standard InChI is InChI=1S/C21H29F3N2O3S/c1-14-6-5-8-18(15(14)2)25-20(27)16-10-12-26(13-11-16)30(28,29)19-9-4-3-7-17(19)21(22,23)24/h3-4,7,9,14-16,18H,5-6,8,10-13H2,1-2H3,(H,25,27)/t14-,15+,18-/m1/s1. The Morgan fingerprint density at radius 3 is 2.33 bits per heavy atom. The zero-order valence-corrected chi connectivity index (χ0v) is 18.1. The summed E-state index contributed by atoms with van der Waals surface area (Å²) in [5, 5.41) is 3.13. The third-order valence-electron chi connectivity index (χ3n) is 6.67. The fraction of sp³-hybridized carbons (Fsp3) is 0.667. The van der Waals surface area contributed by atoms with E-state index in [4.69, 9.17) is 0 Å². The maximum absolute atomic E-state index is 13.3. The predicted octanol–water partition coefficient (Wildman–Crippen LogP) is 4.05. The monoisotopic (exact) mass is 446 g/mol. The first kappa shape index (κ1) is 23.1. The van der Waals surface area contributed by atoms with Crippen molar-refractivity contribution in [3.63, 3.8) is 0 Å². The largest absolute Gasteiger partial charge is 0.417 e. The van der Waals surface area contributed by atoms with E-state index < -0.39 is 26.7 Å². The van der Waals surface area contributed by atoms with Gasteiger partial charge in [-0.2, -0.15) is 17.5 Å². The number of halogens is 3.